The molecule has 0 aromatic heterocycles. The smallest absolute Gasteiger partial charge is 0.258 e. The Morgan fingerprint density at radius 3 is 2.07 bits per heavy atom. The van der Waals surface area contributed by atoms with Crippen LogP contribution >= 0.6 is 0 Å². The standard InChI is InChI=1S/C22H29N3O3S/c1-15(2)19-10-8-18(9-11-19)14-23-24-22(26)21(16(3)4)25-29(27,28)20-12-6-17(5)7-13-20/h6-16,21,25H,1-5H3,(H,24,26)/b23-14-/t21-/m0/s1. The fourth-order valence-electron chi connectivity index (χ4n) is 2.65. The van der Waals surface area contributed by atoms with Gasteiger partial charge in [0, 0.05) is 0 Å². The van der Waals surface area contributed by atoms with Crippen molar-refractivity contribution in [1.82, 2.24) is 10.1 Å². The summed E-state index contributed by atoms with van der Waals surface area (Å²) in [4.78, 5) is 12.7. The van der Waals surface area contributed by atoms with Crippen molar-refractivity contribution in [2.45, 2.75) is 51.5 Å². The number of carbonyl (C=O) groups is 1. The van der Waals surface area contributed by atoms with Gasteiger partial charge in [0.05, 0.1) is 11.1 Å². The van der Waals surface area contributed by atoms with Crippen molar-refractivity contribution in [3.8, 4) is 0 Å². The van der Waals surface area contributed by atoms with Crippen LogP contribution in [0.1, 0.15) is 50.3 Å². The van der Waals surface area contributed by atoms with Crippen molar-refractivity contribution in [3.05, 3.63) is 65.2 Å². The minimum absolute atomic E-state index is 0.121. The highest BCUT2D eigenvalue weighted by Crippen LogP contribution is 2.14. The van der Waals surface area contributed by atoms with Gasteiger partial charge in [-0.1, -0.05) is 69.7 Å². The minimum Gasteiger partial charge on any atom is -0.271 e. The molecule has 0 saturated carbocycles. The zero-order valence-corrected chi connectivity index (χ0v) is 18.3. The number of nitrogens with zero attached hydrogens (tertiary/aromatic N) is 1. The lowest BCUT2D eigenvalue weighted by molar-refractivity contribution is -0.123. The van der Waals surface area contributed by atoms with Crippen LogP contribution in [-0.4, -0.2) is 26.6 Å². The molecule has 1 atom stereocenters. The molecule has 0 radical (unpaired) electrons. The number of carbonyl (C=O) groups excluding carboxylic acids is 1. The van der Waals surface area contributed by atoms with E-state index in [2.05, 4.69) is 29.1 Å². The number of sulfonamides is 1. The predicted molar refractivity (Wildman–Crippen MR) is 116 cm³/mol. The molecule has 1 amide bonds. The van der Waals surface area contributed by atoms with Crippen LogP contribution in [0.3, 0.4) is 0 Å². The van der Waals surface area contributed by atoms with Crippen LogP contribution < -0.4 is 10.1 Å². The molecule has 156 valence electrons. The first-order valence-electron chi connectivity index (χ1n) is 9.62. The summed E-state index contributed by atoms with van der Waals surface area (Å²) in [5, 5.41) is 3.97. The van der Waals surface area contributed by atoms with E-state index in [-0.39, 0.29) is 10.8 Å². The van der Waals surface area contributed by atoms with E-state index in [0.717, 1.165) is 11.1 Å². The first-order chi connectivity index (χ1) is 13.6. The number of rotatable bonds is 8. The lowest BCUT2D eigenvalue weighted by Crippen LogP contribution is -2.48. The second-order valence-electron chi connectivity index (χ2n) is 7.71. The van der Waals surface area contributed by atoms with Gasteiger partial charge in [-0.15, -0.1) is 0 Å². The van der Waals surface area contributed by atoms with Crippen molar-refractivity contribution in [3.63, 3.8) is 0 Å². The number of hydrogen-bond acceptors (Lipinski definition) is 4. The van der Waals surface area contributed by atoms with Crippen LogP contribution in [0.2, 0.25) is 0 Å². The fourth-order valence-corrected chi connectivity index (χ4v) is 4.00. The second-order valence-corrected chi connectivity index (χ2v) is 9.43. The third-order valence-electron chi connectivity index (χ3n) is 4.55. The lowest BCUT2D eigenvalue weighted by Gasteiger charge is -2.20. The monoisotopic (exact) mass is 415 g/mol. The molecule has 2 aromatic rings. The van der Waals surface area contributed by atoms with Gasteiger partial charge in [0.1, 0.15) is 6.04 Å². The molecule has 6 nitrogen and oxygen atoms in total. The maximum absolute atomic E-state index is 12.6. The van der Waals surface area contributed by atoms with Crippen molar-refractivity contribution < 1.29 is 13.2 Å². The Bertz CT molecular complexity index is 948. The third-order valence-corrected chi connectivity index (χ3v) is 6.01. The molecule has 2 rings (SSSR count). The molecule has 29 heavy (non-hydrogen) atoms. The van der Waals surface area contributed by atoms with Gasteiger partial charge in [-0.3, -0.25) is 4.79 Å². The quantitative estimate of drug-likeness (QED) is 0.510. The predicted octanol–water partition coefficient (Wildman–Crippen LogP) is 3.57. The van der Waals surface area contributed by atoms with E-state index in [1.165, 1.54) is 23.9 Å². The number of amides is 1. The normalized spacial score (nSPS) is 13.2. The molecule has 7 heteroatoms. The van der Waals surface area contributed by atoms with Crippen molar-refractivity contribution in [1.29, 1.82) is 0 Å². The van der Waals surface area contributed by atoms with Gasteiger partial charge in [0.15, 0.2) is 0 Å². The molecule has 0 spiro atoms. The molecule has 2 aromatic carbocycles. The molecule has 0 saturated heterocycles. The fraction of sp³-hybridized carbons (Fsp3) is 0.364. The average Bonchev–Trinajstić information content (AvgIpc) is 2.66. The van der Waals surface area contributed by atoms with Crippen LogP contribution in [0.25, 0.3) is 0 Å². The summed E-state index contributed by atoms with van der Waals surface area (Å²) in [6, 6.07) is 13.4. The van der Waals surface area contributed by atoms with Crippen molar-refractivity contribution in [2.75, 3.05) is 0 Å². The average molecular weight is 416 g/mol. The number of hydrazone groups is 1. The van der Waals surface area contributed by atoms with Crippen LogP contribution in [-0.2, 0) is 14.8 Å². The zero-order chi connectivity index (χ0) is 21.6. The Kier molecular flexibility index (Phi) is 7.70. The SMILES string of the molecule is Cc1ccc(S(=O)(=O)N[C@H](C(=O)N/N=C\c2ccc(C(C)C)cc2)C(C)C)cc1. The molecular formula is C22H29N3O3S. The van der Waals surface area contributed by atoms with E-state index in [9.17, 15) is 13.2 Å². The van der Waals surface area contributed by atoms with E-state index < -0.39 is 22.0 Å². The summed E-state index contributed by atoms with van der Waals surface area (Å²) in [6.07, 6.45) is 1.54. The maximum Gasteiger partial charge on any atom is 0.258 e. The van der Waals surface area contributed by atoms with Gasteiger partial charge in [0.2, 0.25) is 10.0 Å². The lowest BCUT2D eigenvalue weighted by atomic mass is 10.0. The Morgan fingerprint density at radius 1 is 0.966 bits per heavy atom. The van der Waals surface area contributed by atoms with Crippen LogP contribution in [0, 0.1) is 12.8 Å². The number of hydrogen-bond donors (Lipinski definition) is 2. The van der Waals surface area contributed by atoms with Crippen molar-refractivity contribution in [2.24, 2.45) is 11.0 Å². The van der Waals surface area contributed by atoms with Crippen LogP contribution in [0.5, 0.6) is 0 Å². The van der Waals surface area contributed by atoms with Gasteiger partial charge < -0.3 is 0 Å². The summed E-state index contributed by atoms with van der Waals surface area (Å²) in [6.45, 7) is 9.66. The maximum atomic E-state index is 12.6. The Labute approximate surface area is 173 Å². The first-order valence-corrected chi connectivity index (χ1v) is 11.1. The van der Waals surface area contributed by atoms with Gasteiger partial charge >= 0.3 is 0 Å². The molecule has 0 aliphatic rings. The third kappa shape index (κ3) is 6.51. The largest absolute Gasteiger partial charge is 0.271 e. The zero-order valence-electron chi connectivity index (χ0n) is 17.5. The number of nitrogens with one attached hydrogen (secondary N) is 2. The highest BCUT2D eigenvalue weighted by atomic mass is 32.2. The minimum atomic E-state index is -3.82. The first kappa shape index (κ1) is 22.8. The molecule has 0 fully saturated rings. The van der Waals surface area contributed by atoms with E-state index in [1.54, 1.807) is 26.0 Å². The van der Waals surface area contributed by atoms with Gasteiger partial charge in [-0.2, -0.15) is 9.82 Å². The summed E-state index contributed by atoms with van der Waals surface area (Å²) < 4.78 is 27.7. The summed E-state index contributed by atoms with van der Waals surface area (Å²) >= 11 is 0. The second kappa shape index (κ2) is 9.80. The highest BCUT2D eigenvalue weighted by molar-refractivity contribution is 7.89. The summed E-state index contributed by atoms with van der Waals surface area (Å²) in [7, 11) is -3.82. The summed E-state index contributed by atoms with van der Waals surface area (Å²) in [5.74, 6) is -0.324. The summed E-state index contributed by atoms with van der Waals surface area (Å²) in [5.41, 5.74) is 5.46. The van der Waals surface area contributed by atoms with E-state index >= 15 is 0 Å². The van der Waals surface area contributed by atoms with E-state index in [0.29, 0.717) is 5.92 Å². The number of aryl methyl sites for hydroxylation is 1. The molecule has 0 bridgehead atoms. The molecule has 0 unspecified atom stereocenters. The van der Waals surface area contributed by atoms with E-state index in [4.69, 9.17) is 0 Å². The van der Waals surface area contributed by atoms with Crippen molar-refractivity contribution >= 4 is 22.1 Å². The Balaban J connectivity index is 2.06. The number of benzene rings is 2. The molecule has 2 N–H and O–H groups in total. The van der Waals surface area contributed by atoms with Crippen LogP contribution in [0.4, 0.5) is 0 Å². The van der Waals surface area contributed by atoms with Crippen LogP contribution in [0.15, 0.2) is 58.5 Å². The molecule has 0 heterocycles. The molecule has 0 aliphatic heterocycles. The Hall–Kier alpha value is -2.51. The van der Waals surface area contributed by atoms with E-state index in [1.807, 2.05) is 31.2 Å². The molecular weight excluding hydrogens is 386 g/mol. The highest BCUT2D eigenvalue weighted by Gasteiger charge is 2.28. The molecule has 0 aliphatic carbocycles. The topological polar surface area (TPSA) is 87.6 Å². The van der Waals surface area contributed by atoms with Gasteiger partial charge in [0.25, 0.3) is 5.91 Å². The van der Waals surface area contributed by atoms with Gasteiger partial charge in [-0.25, -0.2) is 13.8 Å². The van der Waals surface area contributed by atoms with Gasteiger partial charge in [-0.05, 0) is 42.0 Å². The Morgan fingerprint density at radius 2 is 1.55 bits per heavy atom.